The molecule has 0 saturated heterocycles. The number of aryl methyl sites for hydroxylation is 2. The average molecular weight is 593 g/mol. The minimum absolute atomic E-state index is 0.223. The van der Waals surface area contributed by atoms with E-state index in [4.69, 9.17) is 0 Å². The fourth-order valence-electron chi connectivity index (χ4n) is 8.51. The summed E-state index contributed by atoms with van der Waals surface area (Å²) in [4.78, 5) is 15.1. The molecule has 8 aromatic rings. The highest BCUT2D eigenvalue weighted by Crippen LogP contribution is 2.53. The van der Waals surface area contributed by atoms with E-state index in [0.29, 0.717) is 0 Å². The molecule has 0 aromatic heterocycles. The summed E-state index contributed by atoms with van der Waals surface area (Å²) in [6, 6.07) is 40.1. The Balaban J connectivity index is 1.59. The van der Waals surface area contributed by atoms with Crippen LogP contribution in [-0.4, -0.2) is 5.78 Å². The largest absolute Gasteiger partial charge is 0.289 e. The van der Waals surface area contributed by atoms with Crippen molar-refractivity contribution in [3.05, 3.63) is 131 Å². The first-order valence-electron chi connectivity index (χ1n) is 17.0. The zero-order valence-corrected chi connectivity index (χ0v) is 26.5. The second-order valence-electron chi connectivity index (χ2n) is 13.1. The van der Waals surface area contributed by atoms with Gasteiger partial charge >= 0.3 is 0 Å². The first-order chi connectivity index (χ1) is 22.7. The predicted molar refractivity (Wildman–Crippen MR) is 198 cm³/mol. The van der Waals surface area contributed by atoms with Crippen LogP contribution in [0.1, 0.15) is 66.6 Å². The first-order valence-corrected chi connectivity index (χ1v) is 17.0. The summed E-state index contributed by atoms with van der Waals surface area (Å²) in [6.07, 6.45) is 6.11. The highest BCUT2D eigenvalue weighted by Gasteiger charge is 2.36. The summed E-state index contributed by atoms with van der Waals surface area (Å²) in [5.41, 5.74) is 6.61. The number of carbonyl (C=O) groups is 1. The SMILES string of the molecule is CCCCc1cc2c3ccccc3c3ccccc3c2c2c1C(=O)c1c(CCCC)cc3c4ccccc4c4ccccc4c3c1-2. The Morgan fingerprint density at radius 2 is 0.696 bits per heavy atom. The van der Waals surface area contributed by atoms with Crippen LogP contribution in [-0.2, 0) is 12.8 Å². The lowest BCUT2D eigenvalue weighted by Gasteiger charge is -2.19. The van der Waals surface area contributed by atoms with Crippen LogP contribution in [0.3, 0.4) is 0 Å². The molecule has 0 unspecified atom stereocenters. The molecule has 0 saturated carbocycles. The Hall–Kier alpha value is -5.01. The molecule has 1 aliphatic carbocycles. The van der Waals surface area contributed by atoms with Gasteiger partial charge in [0.25, 0.3) is 0 Å². The smallest absolute Gasteiger partial charge is 0.194 e. The monoisotopic (exact) mass is 592 g/mol. The Morgan fingerprint density at radius 3 is 1.04 bits per heavy atom. The summed E-state index contributed by atoms with van der Waals surface area (Å²) in [7, 11) is 0. The van der Waals surface area contributed by atoms with Gasteiger partial charge < -0.3 is 0 Å². The molecule has 46 heavy (non-hydrogen) atoms. The van der Waals surface area contributed by atoms with Gasteiger partial charge in [-0.2, -0.15) is 0 Å². The van der Waals surface area contributed by atoms with Crippen molar-refractivity contribution in [1.82, 2.24) is 0 Å². The number of rotatable bonds is 6. The van der Waals surface area contributed by atoms with Crippen molar-refractivity contribution in [2.24, 2.45) is 0 Å². The van der Waals surface area contributed by atoms with E-state index in [2.05, 4.69) is 123 Å². The second kappa shape index (κ2) is 10.5. The number of ketones is 1. The molecule has 0 radical (unpaired) electrons. The standard InChI is InChI=1S/C45H36O/c1-3-5-15-27-25-37-33-21-9-7-17-29(33)31-19-11-13-23-35(31)41(37)43-39(27)45(46)40-28(16-6-4-2)26-38-34-22-10-8-18-30(34)32-20-12-14-24-36(32)42(38)44(40)43/h7-14,17-26H,3-6,15-16H2,1-2H3. The van der Waals surface area contributed by atoms with Gasteiger partial charge in [0.1, 0.15) is 0 Å². The zero-order valence-electron chi connectivity index (χ0n) is 26.5. The maximum Gasteiger partial charge on any atom is 0.194 e. The van der Waals surface area contributed by atoms with Crippen LogP contribution in [0.25, 0.3) is 75.8 Å². The first kappa shape index (κ1) is 27.3. The van der Waals surface area contributed by atoms with Crippen molar-refractivity contribution in [3.8, 4) is 11.1 Å². The molecule has 8 aromatic carbocycles. The molecule has 0 N–H and O–H groups in total. The summed E-state index contributed by atoms with van der Waals surface area (Å²) in [6.45, 7) is 4.49. The zero-order chi connectivity index (χ0) is 30.9. The van der Waals surface area contributed by atoms with E-state index in [1.54, 1.807) is 0 Å². The van der Waals surface area contributed by atoms with E-state index in [0.717, 1.165) is 60.8 Å². The molecule has 0 bridgehead atoms. The predicted octanol–water partition coefficient (Wildman–Crippen LogP) is 12.5. The summed E-state index contributed by atoms with van der Waals surface area (Å²) in [5, 5.41) is 15.0. The highest BCUT2D eigenvalue weighted by atomic mass is 16.1. The third-order valence-corrected chi connectivity index (χ3v) is 10.5. The van der Waals surface area contributed by atoms with Gasteiger partial charge in [-0.3, -0.25) is 4.79 Å². The van der Waals surface area contributed by atoms with Crippen molar-refractivity contribution < 1.29 is 4.79 Å². The van der Waals surface area contributed by atoms with Gasteiger partial charge in [-0.05, 0) is 114 Å². The number of hydrogen-bond donors (Lipinski definition) is 0. The number of unbranched alkanes of at least 4 members (excludes halogenated alkanes) is 2. The van der Waals surface area contributed by atoms with Crippen molar-refractivity contribution in [2.75, 3.05) is 0 Å². The van der Waals surface area contributed by atoms with Crippen molar-refractivity contribution in [1.29, 1.82) is 0 Å². The molecule has 0 spiro atoms. The fraction of sp³-hybridized carbons (Fsp3) is 0.178. The van der Waals surface area contributed by atoms with Crippen molar-refractivity contribution in [2.45, 2.75) is 52.4 Å². The minimum Gasteiger partial charge on any atom is -0.289 e. The van der Waals surface area contributed by atoms with Gasteiger partial charge in [0.15, 0.2) is 5.78 Å². The second-order valence-corrected chi connectivity index (χ2v) is 13.1. The maximum atomic E-state index is 15.1. The van der Waals surface area contributed by atoms with Gasteiger partial charge in [0.05, 0.1) is 0 Å². The molecular weight excluding hydrogens is 556 g/mol. The molecule has 0 heterocycles. The van der Waals surface area contributed by atoms with Crippen LogP contribution in [0.15, 0.2) is 109 Å². The molecule has 0 fully saturated rings. The number of fused-ring (bicyclic) bond motifs is 17. The van der Waals surface area contributed by atoms with Crippen LogP contribution < -0.4 is 0 Å². The molecule has 1 aliphatic rings. The van der Waals surface area contributed by atoms with Gasteiger partial charge in [-0.15, -0.1) is 0 Å². The van der Waals surface area contributed by atoms with Crippen molar-refractivity contribution >= 4 is 70.4 Å². The van der Waals surface area contributed by atoms with E-state index >= 15 is 4.79 Å². The topological polar surface area (TPSA) is 17.1 Å². The molecule has 1 nitrogen and oxygen atoms in total. The lowest BCUT2D eigenvalue weighted by molar-refractivity contribution is 0.104. The molecule has 9 rings (SSSR count). The summed E-state index contributed by atoms with van der Waals surface area (Å²) < 4.78 is 0. The summed E-state index contributed by atoms with van der Waals surface area (Å²) in [5.74, 6) is 0.223. The normalized spacial score (nSPS) is 12.7. The Kier molecular flexibility index (Phi) is 6.25. The third kappa shape index (κ3) is 3.72. The maximum absolute atomic E-state index is 15.1. The Labute approximate surface area is 269 Å². The molecule has 0 atom stereocenters. The van der Waals surface area contributed by atoms with Crippen LogP contribution in [0.4, 0.5) is 0 Å². The number of benzene rings is 8. The van der Waals surface area contributed by atoms with E-state index in [-0.39, 0.29) is 5.78 Å². The molecule has 0 amide bonds. The van der Waals surface area contributed by atoms with Gasteiger partial charge in [-0.25, -0.2) is 0 Å². The molecular formula is C45H36O. The lowest BCUT2D eigenvalue weighted by atomic mass is 9.83. The average Bonchev–Trinajstić information content (AvgIpc) is 3.42. The van der Waals surface area contributed by atoms with E-state index in [1.165, 1.54) is 75.8 Å². The molecule has 0 aliphatic heterocycles. The van der Waals surface area contributed by atoms with Crippen LogP contribution in [0, 0.1) is 0 Å². The van der Waals surface area contributed by atoms with E-state index in [9.17, 15) is 0 Å². The minimum atomic E-state index is 0.223. The van der Waals surface area contributed by atoms with Gasteiger partial charge in [-0.1, -0.05) is 124 Å². The summed E-state index contributed by atoms with van der Waals surface area (Å²) >= 11 is 0. The Bertz CT molecular complexity index is 2390. The Morgan fingerprint density at radius 1 is 0.391 bits per heavy atom. The van der Waals surface area contributed by atoms with Crippen molar-refractivity contribution in [3.63, 3.8) is 0 Å². The van der Waals surface area contributed by atoms with E-state index in [1.807, 2.05) is 0 Å². The fourth-order valence-corrected chi connectivity index (χ4v) is 8.51. The quantitative estimate of drug-likeness (QED) is 0.176. The number of hydrogen-bond acceptors (Lipinski definition) is 1. The van der Waals surface area contributed by atoms with Crippen LogP contribution in [0.5, 0.6) is 0 Å². The van der Waals surface area contributed by atoms with Crippen LogP contribution in [0.2, 0.25) is 0 Å². The van der Waals surface area contributed by atoms with Gasteiger partial charge in [0, 0.05) is 22.3 Å². The lowest BCUT2D eigenvalue weighted by Crippen LogP contribution is -2.05. The third-order valence-electron chi connectivity index (χ3n) is 10.5. The number of carbonyl (C=O) groups excluding carboxylic acids is 1. The molecule has 222 valence electrons. The molecule has 1 heteroatoms. The van der Waals surface area contributed by atoms with Gasteiger partial charge in [0.2, 0.25) is 0 Å². The van der Waals surface area contributed by atoms with E-state index < -0.39 is 0 Å². The van der Waals surface area contributed by atoms with Crippen LogP contribution >= 0.6 is 0 Å². The highest BCUT2D eigenvalue weighted by molar-refractivity contribution is 6.40.